The Morgan fingerprint density at radius 1 is 1.43 bits per heavy atom. The van der Waals surface area contributed by atoms with Crippen molar-refractivity contribution in [2.24, 2.45) is 5.73 Å². The number of piperidine rings is 1. The maximum absolute atomic E-state index is 12.4. The number of nitrogens with zero attached hydrogens (tertiary/aromatic N) is 2. The van der Waals surface area contributed by atoms with E-state index in [0.29, 0.717) is 23.0 Å². The third-order valence-electron chi connectivity index (χ3n) is 3.86. The Kier molecular flexibility index (Phi) is 5.21. The van der Waals surface area contributed by atoms with E-state index in [0.717, 1.165) is 35.7 Å². The summed E-state index contributed by atoms with van der Waals surface area (Å²) in [6.07, 6.45) is 2.25. The number of likely N-dealkylation sites (tertiary alicyclic amines) is 1. The molecule has 1 atom stereocenters. The zero-order valence-electron chi connectivity index (χ0n) is 12.5. The van der Waals surface area contributed by atoms with Crippen LogP contribution in [0, 0.1) is 0 Å². The van der Waals surface area contributed by atoms with Gasteiger partial charge >= 0.3 is 0 Å². The largest absolute Gasteiger partial charge is 0.341 e. The van der Waals surface area contributed by atoms with Crippen LogP contribution in [0.2, 0.25) is 10.0 Å². The number of amides is 1. The van der Waals surface area contributed by atoms with Gasteiger partial charge in [0.15, 0.2) is 0 Å². The summed E-state index contributed by atoms with van der Waals surface area (Å²) in [5, 5.41) is 3.85. The second-order valence-corrected chi connectivity index (χ2v) is 7.39. The van der Waals surface area contributed by atoms with Crippen LogP contribution in [0.4, 0.5) is 0 Å². The molecule has 1 aromatic heterocycles. The Morgan fingerprint density at radius 2 is 2.26 bits per heavy atom. The predicted octanol–water partition coefficient (Wildman–Crippen LogP) is 3.61. The Hall–Kier alpha value is -1.14. The lowest BCUT2D eigenvalue weighted by Crippen LogP contribution is -2.46. The van der Waals surface area contributed by atoms with Gasteiger partial charge in [-0.05, 0) is 31.0 Å². The second kappa shape index (κ2) is 7.18. The Balaban J connectivity index is 1.70. The van der Waals surface area contributed by atoms with Crippen molar-refractivity contribution in [3.8, 4) is 10.6 Å². The third kappa shape index (κ3) is 4.04. The van der Waals surface area contributed by atoms with Gasteiger partial charge in [-0.25, -0.2) is 4.98 Å². The van der Waals surface area contributed by atoms with E-state index < -0.39 is 0 Å². The minimum absolute atomic E-state index is 0.0826. The van der Waals surface area contributed by atoms with Crippen molar-refractivity contribution < 1.29 is 4.79 Å². The SMILES string of the molecule is N[C@H]1CCCN(C(=O)Cc2csc(-c3ccc(Cl)cc3Cl)n2)C1. The molecule has 3 rings (SSSR count). The minimum atomic E-state index is 0.0826. The standard InChI is InChI=1S/C16H17Cl2N3OS/c17-10-3-4-13(14(18)6-10)16-20-12(9-23-16)7-15(22)21-5-1-2-11(19)8-21/h3-4,6,9,11H,1-2,5,7-8,19H2/t11-/m0/s1. The normalized spacial score (nSPS) is 18.2. The number of aromatic nitrogens is 1. The highest BCUT2D eigenvalue weighted by Gasteiger charge is 2.22. The first-order valence-corrected chi connectivity index (χ1v) is 9.09. The first kappa shape index (κ1) is 16.7. The van der Waals surface area contributed by atoms with Crippen LogP contribution in [0.25, 0.3) is 10.6 Å². The molecule has 2 N–H and O–H groups in total. The number of benzene rings is 1. The monoisotopic (exact) mass is 369 g/mol. The molecule has 2 aromatic rings. The summed E-state index contributed by atoms with van der Waals surface area (Å²) < 4.78 is 0. The fourth-order valence-corrected chi connectivity index (χ4v) is 4.09. The van der Waals surface area contributed by atoms with Crippen molar-refractivity contribution in [2.45, 2.75) is 25.3 Å². The molecule has 0 radical (unpaired) electrons. The molecule has 0 spiro atoms. The first-order valence-electron chi connectivity index (χ1n) is 7.46. The number of thiazole rings is 1. The highest BCUT2D eigenvalue weighted by molar-refractivity contribution is 7.13. The zero-order valence-corrected chi connectivity index (χ0v) is 14.8. The fraction of sp³-hybridized carbons (Fsp3) is 0.375. The van der Waals surface area contributed by atoms with E-state index in [-0.39, 0.29) is 11.9 Å². The van der Waals surface area contributed by atoms with Crippen LogP contribution in [0.15, 0.2) is 23.6 Å². The number of hydrogen-bond acceptors (Lipinski definition) is 4. The number of carbonyl (C=O) groups is 1. The van der Waals surface area contributed by atoms with Gasteiger partial charge in [0, 0.05) is 35.1 Å². The van der Waals surface area contributed by atoms with Crippen LogP contribution in [0.3, 0.4) is 0 Å². The number of halogens is 2. The topological polar surface area (TPSA) is 59.2 Å². The van der Waals surface area contributed by atoms with E-state index in [2.05, 4.69) is 4.98 Å². The van der Waals surface area contributed by atoms with Gasteiger partial charge < -0.3 is 10.6 Å². The van der Waals surface area contributed by atoms with Gasteiger partial charge in [-0.2, -0.15) is 0 Å². The van der Waals surface area contributed by atoms with Crippen LogP contribution in [-0.2, 0) is 11.2 Å². The van der Waals surface area contributed by atoms with Crippen molar-refractivity contribution in [2.75, 3.05) is 13.1 Å². The van der Waals surface area contributed by atoms with Crippen LogP contribution >= 0.6 is 34.5 Å². The van der Waals surface area contributed by atoms with Gasteiger partial charge in [0.05, 0.1) is 17.1 Å². The van der Waals surface area contributed by atoms with Crippen molar-refractivity contribution >= 4 is 40.4 Å². The van der Waals surface area contributed by atoms with Crippen LogP contribution in [-0.4, -0.2) is 34.9 Å². The molecule has 0 bridgehead atoms. The lowest BCUT2D eigenvalue weighted by Gasteiger charge is -2.30. The molecule has 0 aliphatic carbocycles. The van der Waals surface area contributed by atoms with Gasteiger partial charge in [-0.1, -0.05) is 23.2 Å². The molecule has 7 heteroatoms. The molecule has 23 heavy (non-hydrogen) atoms. The summed E-state index contributed by atoms with van der Waals surface area (Å²) in [4.78, 5) is 18.7. The van der Waals surface area contributed by atoms with Gasteiger partial charge in [-0.3, -0.25) is 4.79 Å². The number of rotatable bonds is 3. The van der Waals surface area contributed by atoms with E-state index in [9.17, 15) is 4.79 Å². The van der Waals surface area contributed by atoms with E-state index in [1.54, 1.807) is 12.1 Å². The van der Waals surface area contributed by atoms with Gasteiger partial charge in [0.2, 0.25) is 5.91 Å². The Bertz CT molecular complexity index is 719. The lowest BCUT2D eigenvalue weighted by atomic mass is 10.1. The molecule has 1 saturated heterocycles. The summed E-state index contributed by atoms with van der Waals surface area (Å²) in [6, 6.07) is 5.41. The quantitative estimate of drug-likeness (QED) is 0.898. The fourth-order valence-electron chi connectivity index (χ4n) is 2.68. The molecule has 2 heterocycles. The smallest absolute Gasteiger partial charge is 0.228 e. The highest BCUT2D eigenvalue weighted by Crippen LogP contribution is 2.32. The predicted molar refractivity (Wildman–Crippen MR) is 95.1 cm³/mol. The molecule has 1 aliphatic rings. The maximum atomic E-state index is 12.4. The number of hydrogen-bond donors (Lipinski definition) is 1. The molecule has 1 aliphatic heterocycles. The molecule has 0 unspecified atom stereocenters. The van der Waals surface area contributed by atoms with Crippen molar-refractivity contribution in [1.82, 2.24) is 9.88 Å². The lowest BCUT2D eigenvalue weighted by molar-refractivity contribution is -0.131. The summed E-state index contributed by atoms with van der Waals surface area (Å²) in [6.45, 7) is 1.42. The molecule has 0 saturated carbocycles. The minimum Gasteiger partial charge on any atom is -0.341 e. The number of carbonyl (C=O) groups excluding carboxylic acids is 1. The average molecular weight is 370 g/mol. The molecule has 122 valence electrons. The van der Waals surface area contributed by atoms with Crippen LogP contribution < -0.4 is 5.73 Å². The van der Waals surface area contributed by atoms with E-state index in [1.165, 1.54) is 11.3 Å². The van der Waals surface area contributed by atoms with E-state index in [1.807, 2.05) is 16.3 Å². The van der Waals surface area contributed by atoms with Crippen LogP contribution in [0.1, 0.15) is 18.5 Å². The maximum Gasteiger partial charge on any atom is 0.228 e. The van der Waals surface area contributed by atoms with E-state index >= 15 is 0 Å². The molecule has 4 nitrogen and oxygen atoms in total. The molecule has 1 fully saturated rings. The zero-order chi connectivity index (χ0) is 16.4. The second-order valence-electron chi connectivity index (χ2n) is 5.69. The Morgan fingerprint density at radius 3 is 3.00 bits per heavy atom. The molecular weight excluding hydrogens is 353 g/mol. The third-order valence-corrected chi connectivity index (χ3v) is 5.33. The highest BCUT2D eigenvalue weighted by atomic mass is 35.5. The average Bonchev–Trinajstić information content (AvgIpc) is 2.95. The molecule has 1 amide bonds. The summed E-state index contributed by atoms with van der Waals surface area (Å²) in [5.74, 6) is 0.0826. The molecule has 1 aromatic carbocycles. The van der Waals surface area contributed by atoms with Crippen molar-refractivity contribution in [1.29, 1.82) is 0 Å². The first-order chi connectivity index (χ1) is 11.0. The van der Waals surface area contributed by atoms with Gasteiger partial charge in [0.25, 0.3) is 0 Å². The van der Waals surface area contributed by atoms with Gasteiger partial charge in [0.1, 0.15) is 5.01 Å². The van der Waals surface area contributed by atoms with Crippen molar-refractivity contribution in [3.63, 3.8) is 0 Å². The van der Waals surface area contributed by atoms with Crippen molar-refractivity contribution in [3.05, 3.63) is 39.3 Å². The van der Waals surface area contributed by atoms with E-state index in [4.69, 9.17) is 28.9 Å². The summed E-state index contributed by atoms with van der Waals surface area (Å²) in [7, 11) is 0. The van der Waals surface area contributed by atoms with Crippen LogP contribution in [0.5, 0.6) is 0 Å². The number of nitrogens with two attached hydrogens (primary N) is 1. The Labute approximate surface area is 149 Å². The summed E-state index contributed by atoms with van der Waals surface area (Å²) in [5.41, 5.74) is 7.53. The summed E-state index contributed by atoms with van der Waals surface area (Å²) >= 11 is 13.6. The molecular formula is C16H17Cl2N3OS. The van der Waals surface area contributed by atoms with Gasteiger partial charge in [-0.15, -0.1) is 11.3 Å².